The van der Waals surface area contributed by atoms with Crippen molar-refractivity contribution in [3.05, 3.63) is 103 Å². The van der Waals surface area contributed by atoms with Crippen LogP contribution in [0.2, 0.25) is 5.02 Å². The number of hydrogen-bond donors (Lipinski definition) is 3. The van der Waals surface area contributed by atoms with Gasteiger partial charge in [0.05, 0.1) is 10.7 Å². The van der Waals surface area contributed by atoms with Gasteiger partial charge in [0.1, 0.15) is 5.69 Å². The molecule has 0 atom stereocenters. The molecule has 0 spiro atoms. The first kappa shape index (κ1) is 26.6. The lowest BCUT2D eigenvalue weighted by molar-refractivity contribution is 0.0689. The molecule has 0 fully saturated rings. The first-order valence-corrected chi connectivity index (χ1v) is 13.9. The number of carbonyl (C=O) groups is 1. The predicted octanol–water partition coefficient (Wildman–Crippen LogP) is 7.15. The summed E-state index contributed by atoms with van der Waals surface area (Å²) in [5.74, 6) is -0.534. The van der Waals surface area contributed by atoms with Gasteiger partial charge in [-0.25, -0.2) is 4.79 Å². The molecular formula is C30H27ClN4O3S. The standard InChI is InChI=1S/C30H27ClN4O3S/c1-3-4-7-20-17(2)10-15-23(25(20)31)26-24(27(29(36)37)34-33-26)16-18-11-13-19(14-12-18)21-8-5-6-9-22(21)28-32-30(38)39-35-28/h5-6,8-15H,3-4,7,16H2,1-2H3,(H,33,34)(H,36,37)(H,32,35,38). The molecule has 0 amide bonds. The highest BCUT2D eigenvalue weighted by molar-refractivity contribution is 7.03. The van der Waals surface area contributed by atoms with Crippen LogP contribution < -0.4 is 4.87 Å². The smallest absolute Gasteiger partial charge is 0.354 e. The molecule has 2 aromatic heterocycles. The van der Waals surface area contributed by atoms with Crippen molar-refractivity contribution in [1.82, 2.24) is 19.6 Å². The van der Waals surface area contributed by atoms with Crippen LogP contribution in [0, 0.1) is 6.92 Å². The fraction of sp³-hybridized carbons (Fsp3) is 0.200. The summed E-state index contributed by atoms with van der Waals surface area (Å²) in [4.78, 5) is 27.5. The van der Waals surface area contributed by atoms with Crippen molar-refractivity contribution in [1.29, 1.82) is 0 Å². The summed E-state index contributed by atoms with van der Waals surface area (Å²) in [6.45, 7) is 4.18. The summed E-state index contributed by atoms with van der Waals surface area (Å²) in [6, 6.07) is 19.6. The number of aromatic carboxylic acids is 1. The van der Waals surface area contributed by atoms with Gasteiger partial charge >= 0.3 is 10.8 Å². The normalized spacial score (nSPS) is 11.2. The van der Waals surface area contributed by atoms with E-state index in [2.05, 4.69) is 26.5 Å². The summed E-state index contributed by atoms with van der Waals surface area (Å²) in [6.07, 6.45) is 3.30. The Kier molecular flexibility index (Phi) is 7.77. The highest BCUT2D eigenvalue weighted by Crippen LogP contribution is 2.36. The number of unbranched alkanes of at least 4 members (excludes halogenated alkanes) is 1. The minimum Gasteiger partial charge on any atom is -0.477 e. The Morgan fingerprint density at radius 3 is 2.41 bits per heavy atom. The van der Waals surface area contributed by atoms with Gasteiger partial charge in [-0.15, -0.1) is 0 Å². The molecule has 0 bridgehead atoms. The summed E-state index contributed by atoms with van der Waals surface area (Å²) in [7, 11) is 0. The average Bonchev–Trinajstić information content (AvgIpc) is 3.55. The zero-order chi connectivity index (χ0) is 27.5. The Balaban J connectivity index is 1.50. The van der Waals surface area contributed by atoms with E-state index in [9.17, 15) is 14.7 Å². The minimum absolute atomic E-state index is 0.0543. The van der Waals surface area contributed by atoms with E-state index in [0.717, 1.165) is 69.7 Å². The largest absolute Gasteiger partial charge is 0.477 e. The van der Waals surface area contributed by atoms with Crippen molar-refractivity contribution in [3.8, 4) is 33.8 Å². The van der Waals surface area contributed by atoms with Gasteiger partial charge in [-0.1, -0.05) is 85.6 Å². The lowest BCUT2D eigenvalue weighted by Crippen LogP contribution is -2.03. The Labute approximate surface area is 234 Å². The van der Waals surface area contributed by atoms with Crippen LogP contribution in [0.25, 0.3) is 33.8 Å². The van der Waals surface area contributed by atoms with Gasteiger partial charge in [0, 0.05) is 34.6 Å². The van der Waals surface area contributed by atoms with Crippen LogP contribution >= 0.6 is 23.1 Å². The molecule has 0 saturated heterocycles. The molecule has 0 radical (unpaired) electrons. The Hall–Kier alpha value is -4.01. The van der Waals surface area contributed by atoms with Crippen molar-refractivity contribution < 1.29 is 9.90 Å². The molecular weight excluding hydrogens is 532 g/mol. The molecule has 0 aliphatic carbocycles. The number of aryl methyl sites for hydroxylation is 1. The SMILES string of the molecule is CCCCc1c(C)ccc(-c2n[nH]c(C(=O)O)c2Cc2ccc(-c3ccccc3-c3nc(=O)s[nH]3)cc2)c1Cl. The van der Waals surface area contributed by atoms with Crippen LogP contribution in [0.15, 0.2) is 65.5 Å². The number of H-pyrrole nitrogens is 2. The number of rotatable bonds is 9. The summed E-state index contributed by atoms with van der Waals surface area (Å²) in [5, 5.41) is 17.6. The average molecular weight is 559 g/mol. The van der Waals surface area contributed by atoms with Gasteiger partial charge in [0.2, 0.25) is 0 Å². The summed E-state index contributed by atoms with van der Waals surface area (Å²) in [5.41, 5.74) is 7.77. The molecule has 198 valence electrons. The van der Waals surface area contributed by atoms with Crippen LogP contribution in [0.4, 0.5) is 0 Å². The number of benzene rings is 3. The molecule has 3 N–H and O–H groups in total. The Morgan fingerprint density at radius 2 is 1.74 bits per heavy atom. The van der Waals surface area contributed by atoms with Crippen LogP contribution in [-0.2, 0) is 12.8 Å². The Morgan fingerprint density at radius 1 is 1.00 bits per heavy atom. The number of halogens is 1. The van der Waals surface area contributed by atoms with Gasteiger partial charge in [-0.2, -0.15) is 10.1 Å². The molecule has 39 heavy (non-hydrogen) atoms. The zero-order valence-electron chi connectivity index (χ0n) is 21.5. The number of nitrogens with zero attached hydrogens (tertiary/aromatic N) is 2. The maximum Gasteiger partial charge on any atom is 0.354 e. The van der Waals surface area contributed by atoms with Gasteiger partial charge in [-0.3, -0.25) is 14.3 Å². The number of hydrogen-bond acceptors (Lipinski definition) is 5. The molecule has 9 heteroatoms. The van der Waals surface area contributed by atoms with E-state index in [1.807, 2.05) is 67.6 Å². The highest BCUT2D eigenvalue weighted by Gasteiger charge is 2.23. The number of aromatic amines is 2. The van der Waals surface area contributed by atoms with Crippen molar-refractivity contribution in [2.75, 3.05) is 0 Å². The lowest BCUT2D eigenvalue weighted by atomic mass is 9.93. The minimum atomic E-state index is -1.07. The molecule has 7 nitrogen and oxygen atoms in total. The van der Waals surface area contributed by atoms with Crippen molar-refractivity contribution >= 4 is 29.1 Å². The monoisotopic (exact) mass is 558 g/mol. The predicted molar refractivity (Wildman–Crippen MR) is 156 cm³/mol. The van der Waals surface area contributed by atoms with Crippen LogP contribution in [0.3, 0.4) is 0 Å². The van der Waals surface area contributed by atoms with Crippen molar-refractivity contribution in [2.24, 2.45) is 0 Å². The second-order valence-corrected chi connectivity index (χ2v) is 10.5. The third-order valence-electron chi connectivity index (χ3n) is 6.86. The number of carboxylic acid groups (broad SMARTS) is 1. The first-order chi connectivity index (χ1) is 18.9. The zero-order valence-corrected chi connectivity index (χ0v) is 23.1. The number of aromatic nitrogens is 4. The number of carboxylic acids is 1. The van der Waals surface area contributed by atoms with Crippen LogP contribution in [0.5, 0.6) is 0 Å². The third kappa shape index (κ3) is 5.44. The maximum absolute atomic E-state index is 12.1. The van der Waals surface area contributed by atoms with Gasteiger partial charge < -0.3 is 5.11 Å². The first-order valence-electron chi connectivity index (χ1n) is 12.7. The molecule has 5 aromatic rings. The summed E-state index contributed by atoms with van der Waals surface area (Å²) >= 11 is 7.83. The summed E-state index contributed by atoms with van der Waals surface area (Å²) < 4.78 is 2.98. The molecule has 0 saturated carbocycles. The van der Waals surface area contributed by atoms with E-state index < -0.39 is 5.97 Å². The Bertz CT molecular complexity index is 1700. The van der Waals surface area contributed by atoms with E-state index in [-0.39, 0.29) is 10.6 Å². The van der Waals surface area contributed by atoms with E-state index in [1.54, 1.807) is 0 Å². The van der Waals surface area contributed by atoms with Crippen LogP contribution in [0.1, 0.15) is 52.5 Å². The van der Waals surface area contributed by atoms with Crippen molar-refractivity contribution in [2.45, 2.75) is 39.5 Å². The highest BCUT2D eigenvalue weighted by atomic mass is 35.5. The molecule has 0 unspecified atom stereocenters. The quantitative estimate of drug-likeness (QED) is 0.178. The van der Waals surface area contributed by atoms with E-state index in [4.69, 9.17) is 11.6 Å². The third-order valence-corrected chi connectivity index (χ3v) is 7.85. The van der Waals surface area contributed by atoms with E-state index >= 15 is 0 Å². The van der Waals surface area contributed by atoms with Crippen LogP contribution in [-0.4, -0.2) is 30.6 Å². The van der Waals surface area contributed by atoms with Gasteiger partial charge in [0.25, 0.3) is 0 Å². The van der Waals surface area contributed by atoms with E-state index in [1.165, 1.54) is 0 Å². The van der Waals surface area contributed by atoms with E-state index in [0.29, 0.717) is 28.5 Å². The van der Waals surface area contributed by atoms with Crippen molar-refractivity contribution in [3.63, 3.8) is 0 Å². The molecule has 0 aliphatic heterocycles. The topological polar surface area (TPSA) is 112 Å². The molecule has 3 aromatic carbocycles. The second kappa shape index (κ2) is 11.4. The second-order valence-electron chi connectivity index (χ2n) is 9.41. The van der Waals surface area contributed by atoms with Gasteiger partial charge in [-0.05, 0) is 47.6 Å². The van der Waals surface area contributed by atoms with Gasteiger partial charge in [0.15, 0.2) is 5.82 Å². The molecule has 5 rings (SSSR count). The lowest BCUT2D eigenvalue weighted by Gasteiger charge is -2.13. The fourth-order valence-electron chi connectivity index (χ4n) is 4.79. The maximum atomic E-state index is 12.1. The molecule has 0 aliphatic rings. The fourth-order valence-corrected chi connectivity index (χ4v) is 5.66. The number of nitrogens with one attached hydrogen (secondary N) is 2. The molecule has 2 heterocycles.